The molecule has 0 saturated carbocycles. The third-order valence-electron chi connectivity index (χ3n) is 4.46. The predicted octanol–water partition coefficient (Wildman–Crippen LogP) is 3.82. The minimum atomic E-state index is -3.90. The molecule has 0 aliphatic carbocycles. The van der Waals surface area contributed by atoms with Crippen molar-refractivity contribution in [3.63, 3.8) is 0 Å². The van der Waals surface area contributed by atoms with Crippen LogP contribution in [0.1, 0.15) is 30.4 Å². The first-order valence-electron chi connectivity index (χ1n) is 9.78. The molecular formula is C21H25N3O4S3. The average Bonchev–Trinajstić information content (AvgIpc) is 2.74. The van der Waals surface area contributed by atoms with Crippen molar-refractivity contribution >= 4 is 56.7 Å². The molecule has 1 aliphatic rings. The van der Waals surface area contributed by atoms with Gasteiger partial charge in [-0.2, -0.15) is 4.72 Å². The highest BCUT2D eigenvalue weighted by atomic mass is 32.2. The molecule has 0 radical (unpaired) electrons. The first-order valence-corrected chi connectivity index (χ1v) is 13.4. The first-order chi connectivity index (χ1) is 14.7. The lowest BCUT2D eigenvalue weighted by atomic mass is 10.2. The van der Waals surface area contributed by atoms with Gasteiger partial charge in [-0.3, -0.25) is 9.59 Å². The molecule has 3 rings (SSSR count). The Bertz CT molecular complexity index is 1040. The van der Waals surface area contributed by atoms with Crippen LogP contribution in [0.4, 0.5) is 11.4 Å². The summed E-state index contributed by atoms with van der Waals surface area (Å²) in [6.45, 7) is 2.87. The molecule has 1 unspecified atom stereocenters. The van der Waals surface area contributed by atoms with Crippen LogP contribution in [-0.2, 0) is 19.6 Å². The van der Waals surface area contributed by atoms with Gasteiger partial charge in [-0.1, -0.05) is 12.1 Å². The van der Waals surface area contributed by atoms with Crippen LogP contribution in [0.2, 0.25) is 0 Å². The third-order valence-corrected chi connectivity index (χ3v) is 9.04. The van der Waals surface area contributed by atoms with E-state index < -0.39 is 22.0 Å². The standard InChI is InChI=1S/C21H25N3O4S3/c1-14(24-31(27,28)19-9-7-17(8-10-19)22-15(2)25)20(26)23-18-6-3-5-16(13-18)21-29-11-4-12-30-21/h3,5-10,13-14,21,24H,4,11-12H2,1-2H3,(H,22,25)(H,23,26). The summed E-state index contributed by atoms with van der Waals surface area (Å²) < 4.78 is 28.0. The Morgan fingerprint density at radius 3 is 2.32 bits per heavy atom. The lowest BCUT2D eigenvalue weighted by molar-refractivity contribution is -0.117. The van der Waals surface area contributed by atoms with Gasteiger partial charge in [0.1, 0.15) is 0 Å². The number of thioether (sulfide) groups is 2. The monoisotopic (exact) mass is 479 g/mol. The Morgan fingerprint density at radius 2 is 1.68 bits per heavy atom. The van der Waals surface area contributed by atoms with Gasteiger partial charge >= 0.3 is 0 Å². The summed E-state index contributed by atoms with van der Waals surface area (Å²) in [6, 6.07) is 12.4. The van der Waals surface area contributed by atoms with Gasteiger partial charge in [0.25, 0.3) is 0 Å². The Kier molecular flexibility index (Phi) is 8.04. The number of hydrogen-bond donors (Lipinski definition) is 3. The van der Waals surface area contributed by atoms with Crippen LogP contribution in [0.15, 0.2) is 53.4 Å². The number of amides is 2. The molecule has 166 valence electrons. The molecule has 3 N–H and O–H groups in total. The van der Waals surface area contributed by atoms with Crippen molar-refractivity contribution in [1.82, 2.24) is 4.72 Å². The van der Waals surface area contributed by atoms with E-state index in [2.05, 4.69) is 15.4 Å². The van der Waals surface area contributed by atoms with Crippen molar-refractivity contribution in [1.29, 1.82) is 0 Å². The van der Waals surface area contributed by atoms with E-state index in [9.17, 15) is 18.0 Å². The summed E-state index contributed by atoms with van der Waals surface area (Å²) in [4.78, 5) is 23.7. The molecule has 1 atom stereocenters. The quantitative estimate of drug-likeness (QED) is 0.558. The highest BCUT2D eigenvalue weighted by Gasteiger charge is 2.23. The van der Waals surface area contributed by atoms with Gasteiger partial charge in [0, 0.05) is 18.3 Å². The summed E-state index contributed by atoms with van der Waals surface area (Å²) in [6.07, 6.45) is 1.20. The normalized spacial score (nSPS) is 15.8. The SMILES string of the molecule is CC(=O)Nc1ccc(S(=O)(=O)NC(C)C(=O)Nc2cccc(C3SCCCS3)c2)cc1. The predicted molar refractivity (Wildman–Crippen MR) is 128 cm³/mol. The van der Waals surface area contributed by atoms with Gasteiger partial charge in [-0.25, -0.2) is 8.42 Å². The highest BCUT2D eigenvalue weighted by Crippen LogP contribution is 2.44. The Hall–Kier alpha value is -2.01. The molecule has 1 fully saturated rings. The van der Waals surface area contributed by atoms with Gasteiger partial charge < -0.3 is 10.6 Å². The highest BCUT2D eigenvalue weighted by molar-refractivity contribution is 8.16. The van der Waals surface area contributed by atoms with Crippen LogP contribution in [0.3, 0.4) is 0 Å². The Labute approximate surface area is 191 Å². The van der Waals surface area contributed by atoms with Crippen molar-refractivity contribution in [2.75, 3.05) is 22.1 Å². The zero-order valence-electron chi connectivity index (χ0n) is 17.3. The molecule has 2 aromatic rings. The van der Waals surface area contributed by atoms with Gasteiger partial charge in [0.2, 0.25) is 21.8 Å². The summed E-state index contributed by atoms with van der Waals surface area (Å²) in [5.74, 6) is 1.56. The molecule has 1 heterocycles. The second-order valence-electron chi connectivity index (χ2n) is 7.09. The molecule has 2 amide bonds. The lowest BCUT2D eigenvalue weighted by Gasteiger charge is -2.22. The number of benzene rings is 2. The number of sulfonamides is 1. The molecule has 0 bridgehead atoms. The number of rotatable bonds is 7. The largest absolute Gasteiger partial charge is 0.326 e. The van der Waals surface area contributed by atoms with E-state index >= 15 is 0 Å². The van der Waals surface area contributed by atoms with Crippen LogP contribution in [-0.4, -0.2) is 37.8 Å². The van der Waals surface area contributed by atoms with Crippen molar-refractivity contribution in [3.8, 4) is 0 Å². The second-order valence-corrected chi connectivity index (χ2v) is 11.5. The van der Waals surface area contributed by atoms with Crippen molar-refractivity contribution in [2.24, 2.45) is 0 Å². The molecular weight excluding hydrogens is 454 g/mol. The van der Waals surface area contributed by atoms with Gasteiger partial charge in [-0.15, -0.1) is 23.5 Å². The fourth-order valence-electron chi connectivity index (χ4n) is 2.97. The Morgan fingerprint density at radius 1 is 1.00 bits per heavy atom. The van der Waals surface area contributed by atoms with E-state index in [1.54, 1.807) is 6.07 Å². The molecule has 10 heteroatoms. The van der Waals surface area contributed by atoms with E-state index in [0.717, 1.165) is 17.1 Å². The number of nitrogens with one attached hydrogen (secondary N) is 3. The summed E-state index contributed by atoms with van der Waals surface area (Å²) >= 11 is 3.79. The van der Waals surface area contributed by atoms with Crippen LogP contribution >= 0.6 is 23.5 Å². The average molecular weight is 480 g/mol. The van der Waals surface area contributed by atoms with Crippen LogP contribution < -0.4 is 15.4 Å². The van der Waals surface area contributed by atoms with E-state index in [-0.39, 0.29) is 10.8 Å². The first kappa shape index (κ1) is 23.6. The summed E-state index contributed by atoms with van der Waals surface area (Å²) in [5.41, 5.74) is 2.27. The van der Waals surface area contributed by atoms with Crippen LogP contribution in [0.5, 0.6) is 0 Å². The number of carbonyl (C=O) groups excluding carboxylic acids is 2. The molecule has 1 saturated heterocycles. The minimum absolute atomic E-state index is 0.00889. The van der Waals surface area contributed by atoms with Crippen molar-refractivity contribution < 1.29 is 18.0 Å². The summed E-state index contributed by atoms with van der Waals surface area (Å²) in [7, 11) is -3.90. The van der Waals surface area contributed by atoms with Gasteiger partial charge in [-0.05, 0) is 66.8 Å². The molecule has 1 aliphatic heterocycles. The van der Waals surface area contributed by atoms with Gasteiger partial charge in [0.15, 0.2) is 0 Å². The van der Waals surface area contributed by atoms with E-state index in [1.807, 2.05) is 41.7 Å². The molecule has 31 heavy (non-hydrogen) atoms. The van der Waals surface area contributed by atoms with E-state index in [4.69, 9.17) is 0 Å². The van der Waals surface area contributed by atoms with Crippen LogP contribution in [0, 0.1) is 0 Å². The maximum Gasteiger partial charge on any atom is 0.242 e. The number of anilines is 2. The number of carbonyl (C=O) groups is 2. The van der Waals surface area contributed by atoms with Crippen molar-refractivity contribution in [3.05, 3.63) is 54.1 Å². The topological polar surface area (TPSA) is 104 Å². The Balaban J connectivity index is 1.62. The van der Waals surface area contributed by atoms with Crippen LogP contribution in [0.25, 0.3) is 0 Å². The lowest BCUT2D eigenvalue weighted by Crippen LogP contribution is -2.41. The second kappa shape index (κ2) is 10.5. The molecule has 2 aromatic carbocycles. The summed E-state index contributed by atoms with van der Waals surface area (Å²) in [5, 5.41) is 5.37. The minimum Gasteiger partial charge on any atom is -0.326 e. The third kappa shape index (κ3) is 6.73. The molecule has 0 spiro atoms. The molecule has 0 aromatic heterocycles. The number of hydrogen-bond acceptors (Lipinski definition) is 6. The zero-order chi connectivity index (χ0) is 22.4. The maximum absolute atomic E-state index is 12.6. The van der Waals surface area contributed by atoms with E-state index in [0.29, 0.717) is 16.0 Å². The maximum atomic E-state index is 12.6. The van der Waals surface area contributed by atoms with Gasteiger partial charge in [0.05, 0.1) is 15.5 Å². The smallest absolute Gasteiger partial charge is 0.242 e. The fraction of sp³-hybridized carbons (Fsp3) is 0.333. The van der Waals surface area contributed by atoms with E-state index in [1.165, 1.54) is 44.5 Å². The van der Waals surface area contributed by atoms with Crippen molar-refractivity contribution in [2.45, 2.75) is 35.8 Å². The molecule has 7 nitrogen and oxygen atoms in total. The fourth-order valence-corrected chi connectivity index (χ4v) is 7.04. The zero-order valence-corrected chi connectivity index (χ0v) is 19.7.